The van der Waals surface area contributed by atoms with E-state index < -0.39 is 0 Å². The molecule has 0 bridgehead atoms. The van der Waals surface area contributed by atoms with Crippen molar-refractivity contribution in [2.24, 2.45) is 11.7 Å². The van der Waals surface area contributed by atoms with Gasteiger partial charge < -0.3 is 5.73 Å². The van der Waals surface area contributed by atoms with Gasteiger partial charge in [-0.3, -0.25) is 4.79 Å². The summed E-state index contributed by atoms with van der Waals surface area (Å²) in [5.41, 5.74) is 4.85. The summed E-state index contributed by atoms with van der Waals surface area (Å²) in [4.78, 5) is 10.1. The lowest BCUT2D eigenvalue weighted by molar-refractivity contribution is -0.113. The standard InChI is InChI=1S/C7H13NO/c1-6(2)4-3-5-7(8)9/h3,5-6H,4H2,1-2H3,(H2,8,9)/b5-3+. The van der Waals surface area contributed by atoms with E-state index in [2.05, 4.69) is 13.8 Å². The second-order valence-corrected chi connectivity index (χ2v) is 2.43. The summed E-state index contributed by atoms with van der Waals surface area (Å²) in [6, 6.07) is 0. The smallest absolute Gasteiger partial charge is 0.241 e. The third-order valence-electron chi connectivity index (χ3n) is 0.890. The van der Waals surface area contributed by atoms with Crippen molar-refractivity contribution in [2.45, 2.75) is 20.3 Å². The summed E-state index contributed by atoms with van der Waals surface area (Å²) in [5, 5.41) is 0. The Labute approximate surface area is 55.7 Å². The monoisotopic (exact) mass is 127 g/mol. The predicted octanol–water partition coefficient (Wildman–Crippen LogP) is 1.07. The molecule has 0 aliphatic carbocycles. The van der Waals surface area contributed by atoms with E-state index in [0.717, 1.165) is 6.42 Å². The molecule has 0 radical (unpaired) electrons. The SMILES string of the molecule is CC(C)C/C=C/C(N)=O. The largest absolute Gasteiger partial charge is 0.366 e. The van der Waals surface area contributed by atoms with Crippen molar-refractivity contribution >= 4 is 5.91 Å². The Bertz CT molecular complexity index is 116. The van der Waals surface area contributed by atoms with Crippen molar-refractivity contribution in [1.29, 1.82) is 0 Å². The highest BCUT2D eigenvalue weighted by atomic mass is 16.1. The Balaban J connectivity index is 3.36. The van der Waals surface area contributed by atoms with E-state index >= 15 is 0 Å². The van der Waals surface area contributed by atoms with Gasteiger partial charge in [0.05, 0.1) is 0 Å². The quantitative estimate of drug-likeness (QED) is 0.566. The molecule has 0 aliphatic heterocycles. The number of rotatable bonds is 3. The van der Waals surface area contributed by atoms with E-state index in [1.807, 2.05) is 0 Å². The average Bonchev–Trinajstić information content (AvgIpc) is 1.63. The third-order valence-corrected chi connectivity index (χ3v) is 0.890. The zero-order chi connectivity index (χ0) is 7.28. The summed E-state index contributed by atoms with van der Waals surface area (Å²) in [7, 11) is 0. The normalized spacial score (nSPS) is 11.0. The number of nitrogens with two attached hydrogens (primary N) is 1. The van der Waals surface area contributed by atoms with Crippen molar-refractivity contribution in [3.63, 3.8) is 0 Å². The van der Waals surface area contributed by atoms with E-state index in [9.17, 15) is 4.79 Å². The molecule has 0 aromatic heterocycles. The van der Waals surface area contributed by atoms with Gasteiger partial charge in [0.15, 0.2) is 0 Å². The van der Waals surface area contributed by atoms with Gasteiger partial charge in [-0.15, -0.1) is 0 Å². The Kier molecular flexibility index (Phi) is 3.76. The van der Waals surface area contributed by atoms with Crippen LogP contribution in [0.25, 0.3) is 0 Å². The molecule has 2 nitrogen and oxygen atoms in total. The van der Waals surface area contributed by atoms with Crippen molar-refractivity contribution < 1.29 is 4.79 Å². The van der Waals surface area contributed by atoms with Crippen LogP contribution in [0, 0.1) is 5.92 Å². The van der Waals surface area contributed by atoms with E-state index in [1.165, 1.54) is 6.08 Å². The Morgan fingerprint density at radius 1 is 1.67 bits per heavy atom. The van der Waals surface area contributed by atoms with Crippen LogP contribution in [0.2, 0.25) is 0 Å². The zero-order valence-corrected chi connectivity index (χ0v) is 5.92. The molecule has 0 saturated carbocycles. The van der Waals surface area contributed by atoms with Crippen LogP contribution in [0.15, 0.2) is 12.2 Å². The summed E-state index contributed by atoms with van der Waals surface area (Å²) >= 11 is 0. The molecule has 0 aromatic carbocycles. The van der Waals surface area contributed by atoms with Gasteiger partial charge in [-0.2, -0.15) is 0 Å². The molecule has 0 saturated heterocycles. The first-order valence-electron chi connectivity index (χ1n) is 3.09. The number of hydrogen-bond donors (Lipinski definition) is 1. The van der Waals surface area contributed by atoms with E-state index in [1.54, 1.807) is 6.08 Å². The number of hydrogen-bond acceptors (Lipinski definition) is 1. The molecule has 0 aliphatic rings. The van der Waals surface area contributed by atoms with Gasteiger partial charge in [0, 0.05) is 0 Å². The van der Waals surface area contributed by atoms with Crippen LogP contribution in [0.5, 0.6) is 0 Å². The first kappa shape index (κ1) is 8.21. The zero-order valence-electron chi connectivity index (χ0n) is 5.92. The highest BCUT2D eigenvalue weighted by Crippen LogP contribution is 1.98. The van der Waals surface area contributed by atoms with Crippen molar-refractivity contribution in [1.82, 2.24) is 0 Å². The van der Waals surface area contributed by atoms with Gasteiger partial charge in [-0.1, -0.05) is 19.9 Å². The van der Waals surface area contributed by atoms with Gasteiger partial charge in [-0.25, -0.2) is 0 Å². The van der Waals surface area contributed by atoms with Gasteiger partial charge in [0.2, 0.25) is 5.91 Å². The molecule has 2 N–H and O–H groups in total. The Morgan fingerprint density at radius 3 is 2.56 bits per heavy atom. The van der Waals surface area contributed by atoms with Crippen LogP contribution in [-0.4, -0.2) is 5.91 Å². The van der Waals surface area contributed by atoms with Crippen LogP contribution < -0.4 is 5.73 Å². The fraction of sp³-hybridized carbons (Fsp3) is 0.571. The van der Waals surface area contributed by atoms with Crippen LogP contribution in [0.1, 0.15) is 20.3 Å². The minimum absolute atomic E-state index is 0.365. The van der Waals surface area contributed by atoms with Crippen LogP contribution >= 0.6 is 0 Å². The van der Waals surface area contributed by atoms with Crippen molar-refractivity contribution in [3.05, 3.63) is 12.2 Å². The van der Waals surface area contributed by atoms with E-state index in [-0.39, 0.29) is 5.91 Å². The molecule has 0 heterocycles. The minimum atomic E-state index is -0.365. The second-order valence-electron chi connectivity index (χ2n) is 2.43. The maximum atomic E-state index is 10.1. The van der Waals surface area contributed by atoms with Crippen LogP contribution in [0.4, 0.5) is 0 Å². The minimum Gasteiger partial charge on any atom is -0.366 e. The third kappa shape index (κ3) is 7.21. The van der Waals surface area contributed by atoms with Gasteiger partial charge in [-0.05, 0) is 18.4 Å². The second kappa shape index (κ2) is 4.13. The van der Waals surface area contributed by atoms with Gasteiger partial charge in [0.1, 0.15) is 0 Å². The molecule has 0 aromatic rings. The van der Waals surface area contributed by atoms with Gasteiger partial charge >= 0.3 is 0 Å². The molecule has 0 fully saturated rings. The first-order chi connectivity index (χ1) is 4.13. The maximum Gasteiger partial charge on any atom is 0.241 e. The maximum absolute atomic E-state index is 10.1. The summed E-state index contributed by atoms with van der Waals surface area (Å²) in [6.07, 6.45) is 4.12. The molecule has 9 heavy (non-hydrogen) atoms. The molecular weight excluding hydrogens is 114 g/mol. The molecule has 0 rings (SSSR count). The highest BCUT2D eigenvalue weighted by Gasteiger charge is 1.87. The molecule has 2 heteroatoms. The molecule has 0 unspecified atom stereocenters. The number of carbonyl (C=O) groups excluding carboxylic acids is 1. The molecule has 0 atom stereocenters. The van der Waals surface area contributed by atoms with E-state index in [0.29, 0.717) is 5.92 Å². The lowest BCUT2D eigenvalue weighted by Crippen LogP contribution is -2.05. The fourth-order valence-corrected chi connectivity index (χ4v) is 0.456. The number of primary amides is 1. The Morgan fingerprint density at radius 2 is 2.22 bits per heavy atom. The average molecular weight is 127 g/mol. The van der Waals surface area contributed by atoms with Crippen molar-refractivity contribution in [2.75, 3.05) is 0 Å². The first-order valence-corrected chi connectivity index (χ1v) is 3.09. The summed E-state index contributed by atoms with van der Waals surface area (Å²) < 4.78 is 0. The molecule has 52 valence electrons. The van der Waals surface area contributed by atoms with Crippen molar-refractivity contribution in [3.8, 4) is 0 Å². The van der Waals surface area contributed by atoms with Gasteiger partial charge in [0.25, 0.3) is 0 Å². The lowest BCUT2D eigenvalue weighted by atomic mass is 10.1. The number of allylic oxidation sites excluding steroid dienone is 1. The topological polar surface area (TPSA) is 43.1 Å². The molecule has 1 amide bonds. The van der Waals surface area contributed by atoms with Crippen LogP contribution in [-0.2, 0) is 4.79 Å². The number of carbonyl (C=O) groups is 1. The van der Waals surface area contributed by atoms with E-state index in [4.69, 9.17) is 5.73 Å². The lowest BCUT2D eigenvalue weighted by Gasteiger charge is -1.94. The summed E-state index contributed by atoms with van der Waals surface area (Å²) in [5.74, 6) is 0.233. The fourth-order valence-electron chi connectivity index (χ4n) is 0.456. The van der Waals surface area contributed by atoms with Crippen LogP contribution in [0.3, 0.4) is 0 Å². The molecule has 0 spiro atoms. The summed E-state index contributed by atoms with van der Waals surface area (Å²) in [6.45, 7) is 4.18. The number of amides is 1. The highest BCUT2D eigenvalue weighted by molar-refractivity contribution is 5.85. The predicted molar refractivity (Wildman–Crippen MR) is 37.8 cm³/mol. The molecular formula is C7H13NO. The Hall–Kier alpha value is -0.790.